The zero-order valence-electron chi connectivity index (χ0n) is 12.8. The van der Waals surface area contributed by atoms with Crippen molar-refractivity contribution in [1.82, 2.24) is 4.90 Å². The molecule has 0 atom stereocenters. The molecule has 22 heavy (non-hydrogen) atoms. The van der Waals surface area contributed by atoms with Crippen LogP contribution in [0.25, 0.3) is 0 Å². The summed E-state index contributed by atoms with van der Waals surface area (Å²) in [5, 5.41) is 0. The van der Waals surface area contributed by atoms with Crippen LogP contribution in [0.5, 0.6) is 5.75 Å². The first kappa shape index (κ1) is 17.7. The topological polar surface area (TPSA) is 55.8 Å². The summed E-state index contributed by atoms with van der Waals surface area (Å²) in [7, 11) is 0. The van der Waals surface area contributed by atoms with E-state index in [9.17, 15) is 14.0 Å². The zero-order valence-corrected chi connectivity index (χ0v) is 12.8. The van der Waals surface area contributed by atoms with Crippen LogP contribution in [0.3, 0.4) is 0 Å². The fraction of sp³-hybridized carbons (Fsp3) is 0.375. The summed E-state index contributed by atoms with van der Waals surface area (Å²) in [4.78, 5) is 24.9. The molecule has 0 aliphatic rings. The average molecular weight is 309 g/mol. The van der Waals surface area contributed by atoms with Gasteiger partial charge >= 0.3 is 5.97 Å². The molecule has 1 amide bonds. The van der Waals surface area contributed by atoms with Gasteiger partial charge in [-0.2, -0.15) is 0 Å². The number of amides is 1. The molecular formula is C16H20FNO4. The number of carbonyl (C=O) groups excluding carboxylic acids is 2. The molecule has 1 aromatic carbocycles. The zero-order chi connectivity index (χ0) is 16.5. The van der Waals surface area contributed by atoms with Crippen molar-refractivity contribution in [3.8, 4) is 5.75 Å². The Morgan fingerprint density at radius 1 is 1.32 bits per heavy atom. The van der Waals surface area contributed by atoms with E-state index in [0.29, 0.717) is 13.1 Å². The fourth-order valence-corrected chi connectivity index (χ4v) is 1.68. The second kappa shape index (κ2) is 8.81. The number of benzene rings is 1. The number of likely N-dealkylation sites (N-methyl/N-ethyl adjacent to an activating group) is 1. The lowest BCUT2D eigenvalue weighted by Gasteiger charge is -2.20. The summed E-state index contributed by atoms with van der Waals surface area (Å²) in [5.41, 5.74) is 0.843. The molecule has 0 unspecified atom stereocenters. The van der Waals surface area contributed by atoms with Crippen molar-refractivity contribution in [2.75, 3.05) is 26.3 Å². The molecule has 0 aliphatic carbocycles. The summed E-state index contributed by atoms with van der Waals surface area (Å²) in [5.74, 6) is -1.23. The molecule has 0 heterocycles. The lowest BCUT2D eigenvalue weighted by atomic mass is 10.3. The Morgan fingerprint density at radius 2 is 2.05 bits per heavy atom. The van der Waals surface area contributed by atoms with Gasteiger partial charge in [0.15, 0.2) is 13.2 Å². The normalized spacial score (nSPS) is 9.95. The maximum absolute atomic E-state index is 12.9. The first-order valence-corrected chi connectivity index (χ1v) is 6.88. The smallest absolute Gasteiger partial charge is 0.344 e. The highest BCUT2D eigenvalue weighted by molar-refractivity contribution is 5.81. The molecule has 1 rings (SSSR count). The summed E-state index contributed by atoms with van der Waals surface area (Å²) in [6.45, 7) is 7.57. The van der Waals surface area contributed by atoms with Gasteiger partial charge in [0.25, 0.3) is 5.91 Å². The van der Waals surface area contributed by atoms with E-state index in [4.69, 9.17) is 9.47 Å². The quantitative estimate of drug-likeness (QED) is 0.545. The van der Waals surface area contributed by atoms with Crippen LogP contribution in [0.1, 0.15) is 13.8 Å². The van der Waals surface area contributed by atoms with Crippen LogP contribution in [0.2, 0.25) is 0 Å². The first-order chi connectivity index (χ1) is 10.4. The predicted molar refractivity (Wildman–Crippen MR) is 79.9 cm³/mol. The van der Waals surface area contributed by atoms with E-state index >= 15 is 0 Å². The van der Waals surface area contributed by atoms with Crippen LogP contribution in [0.4, 0.5) is 4.39 Å². The number of carbonyl (C=O) groups is 2. The summed E-state index contributed by atoms with van der Waals surface area (Å²) >= 11 is 0. The first-order valence-electron chi connectivity index (χ1n) is 6.88. The Kier molecular flexibility index (Phi) is 7.08. The second-order valence-corrected chi connectivity index (χ2v) is 4.77. The molecule has 0 N–H and O–H groups in total. The van der Waals surface area contributed by atoms with E-state index in [1.807, 2.05) is 13.8 Å². The second-order valence-electron chi connectivity index (χ2n) is 4.77. The third kappa shape index (κ3) is 6.39. The van der Waals surface area contributed by atoms with Crippen molar-refractivity contribution in [2.24, 2.45) is 0 Å². The van der Waals surface area contributed by atoms with Crippen LogP contribution in [-0.2, 0) is 14.3 Å². The maximum Gasteiger partial charge on any atom is 0.344 e. The van der Waals surface area contributed by atoms with Gasteiger partial charge in [-0.25, -0.2) is 9.18 Å². The molecule has 0 radical (unpaired) electrons. The molecule has 0 aromatic heterocycles. The number of hydrogen-bond donors (Lipinski definition) is 0. The Labute approximate surface area is 129 Å². The van der Waals surface area contributed by atoms with Gasteiger partial charge in [-0.3, -0.25) is 4.79 Å². The monoisotopic (exact) mass is 309 g/mol. The van der Waals surface area contributed by atoms with Gasteiger partial charge in [0.1, 0.15) is 11.6 Å². The van der Waals surface area contributed by atoms with Gasteiger partial charge in [-0.1, -0.05) is 18.2 Å². The molecule has 1 aromatic rings. The maximum atomic E-state index is 12.9. The molecule has 0 saturated carbocycles. The van der Waals surface area contributed by atoms with Crippen molar-refractivity contribution in [3.05, 3.63) is 42.2 Å². The van der Waals surface area contributed by atoms with E-state index in [2.05, 4.69) is 6.58 Å². The molecule has 0 aliphatic heterocycles. The van der Waals surface area contributed by atoms with Gasteiger partial charge in [-0.15, -0.1) is 0 Å². The summed E-state index contributed by atoms with van der Waals surface area (Å²) < 4.78 is 22.8. The summed E-state index contributed by atoms with van der Waals surface area (Å²) in [6, 6.07) is 5.42. The molecule has 0 saturated heterocycles. The average Bonchev–Trinajstić information content (AvgIpc) is 2.48. The number of esters is 1. The Morgan fingerprint density at radius 3 is 2.64 bits per heavy atom. The van der Waals surface area contributed by atoms with E-state index < -0.39 is 11.8 Å². The number of nitrogens with zero attached hydrogens (tertiary/aromatic N) is 1. The minimum atomic E-state index is -0.691. The van der Waals surface area contributed by atoms with Gasteiger partial charge in [0, 0.05) is 19.2 Å². The molecule has 6 heteroatoms. The molecule has 0 bridgehead atoms. The molecule has 0 fully saturated rings. The van der Waals surface area contributed by atoms with E-state index in [0.717, 1.165) is 11.6 Å². The minimum Gasteiger partial charge on any atom is -0.482 e. The molecule has 5 nitrogen and oxygen atoms in total. The fourth-order valence-electron chi connectivity index (χ4n) is 1.68. The third-order valence-electron chi connectivity index (χ3n) is 2.70. The number of hydrogen-bond acceptors (Lipinski definition) is 4. The predicted octanol–water partition coefficient (Wildman–Crippen LogP) is 2.17. The largest absolute Gasteiger partial charge is 0.482 e. The van der Waals surface area contributed by atoms with E-state index in [-0.39, 0.29) is 24.9 Å². The van der Waals surface area contributed by atoms with Gasteiger partial charge in [0.05, 0.1) is 0 Å². The van der Waals surface area contributed by atoms with Crippen LogP contribution in [0.15, 0.2) is 36.4 Å². The van der Waals surface area contributed by atoms with Crippen molar-refractivity contribution in [2.45, 2.75) is 13.8 Å². The Balaban J connectivity index is 2.36. The van der Waals surface area contributed by atoms with Crippen molar-refractivity contribution in [3.63, 3.8) is 0 Å². The Hall–Kier alpha value is -2.37. The van der Waals surface area contributed by atoms with Crippen molar-refractivity contribution in [1.29, 1.82) is 0 Å². The third-order valence-corrected chi connectivity index (χ3v) is 2.70. The number of ether oxygens (including phenoxy) is 2. The molecule has 0 spiro atoms. The number of rotatable bonds is 8. The van der Waals surface area contributed by atoms with Crippen LogP contribution < -0.4 is 4.74 Å². The van der Waals surface area contributed by atoms with Gasteiger partial charge < -0.3 is 14.4 Å². The van der Waals surface area contributed by atoms with Crippen LogP contribution in [0, 0.1) is 5.82 Å². The van der Waals surface area contributed by atoms with Crippen molar-refractivity contribution < 1.29 is 23.5 Å². The highest BCUT2D eigenvalue weighted by Gasteiger charge is 2.14. The van der Waals surface area contributed by atoms with Crippen molar-refractivity contribution >= 4 is 11.9 Å². The van der Waals surface area contributed by atoms with E-state index in [1.54, 1.807) is 0 Å². The van der Waals surface area contributed by atoms with Gasteiger partial charge in [0.2, 0.25) is 0 Å². The van der Waals surface area contributed by atoms with Gasteiger partial charge in [-0.05, 0) is 26.0 Å². The summed E-state index contributed by atoms with van der Waals surface area (Å²) in [6.07, 6.45) is 0. The standard InChI is InChI=1S/C16H20FNO4/c1-4-18(9-12(2)3)15(19)10-22-16(20)11-21-14-7-5-6-13(17)8-14/h5-8H,2,4,9-11H2,1,3H3. The van der Waals surface area contributed by atoms with Crippen LogP contribution in [-0.4, -0.2) is 43.1 Å². The molecular weight excluding hydrogens is 289 g/mol. The lowest BCUT2D eigenvalue weighted by molar-refractivity contribution is -0.153. The highest BCUT2D eigenvalue weighted by Crippen LogP contribution is 2.11. The van der Waals surface area contributed by atoms with E-state index in [1.165, 1.54) is 23.1 Å². The molecule has 120 valence electrons. The van der Waals surface area contributed by atoms with Crippen LogP contribution >= 0.6 is 0 Å². The SMILES string of the molecule is C=C(C)CN(CC)C(=O)COC(=O)COc1cccc(F)c1. The minimum absolute atomic E-state index is 0.223. The Bertz CT molecular complexity index is 545. The highest BCUT2D eigenvalue weighted by atomic mass is 19.1. The number of halogens is 1. The lowest BCUT2D eigenvalue weighted by Crippen LogP contribution is -2.36.